The molecule has 0 amide bonds. The van der Waals surface area contributed by atoms with Crippen molar-refractivity contribution in [1.82, 2.24) is 5.43 Å². The second-order valence-corrected chi connectivity index (χ2v) is 4.95. The summed E-state index contributed by atoms with van der Waals surface area (Å²) < 4.78 is 32.9. The SMILES string of the molecule is COC(C)CCC(NN)c1c(F)ccc(Br)c1F. The smallest absolute Gasteiger partial charge is 0.145 e. The highest BCUT2D eigenvalue weighted by Crippen LogP contribution is 2.29. The number of nitrogens with one attached hydrogen (secondary N) is 1. The van der Waals surface area contributed by atoms with Crippen molar-refractivity contribution in [2.75, 3.05) is 7.11 Å². The lowest BCUT2D eigenvalue weighted by atomic mass is 10.00. The normalized spacial score (nSPS) is 14.6. The largest absolute Gasteiger partial charge is 0.382 e. The number of nitrogens with two attached hydrogens (primary N) is 1. The Kier molecular flexibility index (Phi) is 6.14. The lowest BCUT2D eigenvalue weighted by molar-refractivity contribution is 0.106. The molecule has 3 nitrogen and oxygen atoms in total. The van der Waals surface area contributed by atoms with Gasteiger partial charge in [0, 0.05) is 12.7 Å². The maximum absolute atomic E-state index is 13.9. The van der Waals surface area contributed by atoms with Crippen LogP contribution in [-0.4, -0.2) is 13.2 Å². The van der Waals surface area contributed by atoms with Crippen molar-refractivity contribution < 1.29 is 13.5 Å². The van der Waals surface area contributed by atoms with Crippen LogP contribution in [0.15, 0.2) is 16.6 Å². The van der Waals surface area contributed by atoms with Crippen LogP contribution in [0.1, 0.15) is 31.4 Å². The van der Waals surface area contributed by atoms with Crippen LogP contribution in [0, 0.1) is 11.6 Å². The van der Waals surface area contributed by atoms with Gasteiger partial charge in [0.25, 0.3) is 0 Å². The average molecular weight is 323 g/mol. The third kappa shape index (κ3) is 3.71. The minimum atomic E-state index is -0.622. The second-order valence-electron chi connectivity index (χ2n) is 4.10. The van der Waals surface area contributed by atoms with Gasteiger partial charge < -0.3 is 4.74 Å². The number of benzene rings is 1. The fourth-order valence-electron chi connectivity index (χ4n) is 1.69. The summed E-state index contributed by atoms with van der Waals surface area (Å²) in [5, 5.41) is 0. The average Bonchev–Trinajstić information content (AvgIpc) is 2.37. The number of rotatable bonds is 6. The molecule has 0 aliphatic rings. The third-order valence-electron chi connectivity index (χ3n) is 2.89. The summed E-state index contributed by atoms with van der Waals surface area (Å²) in [5.41, 5.74) is 2.40. The molecule has 0 fully saturated rings. The monoisotopic (exact) mass is 322 g/mol. The van der Waals surface area contributed by atoms with E-state index < -0.39 is 17.7 Å². The first-order valence-electron chi connectivity index (χ1n) is 5.63. The summed E-state index contributed by atoms with van der Waals surface area (Å²) in [6.45, 7) is 1.89. The summed E-state index contributed by atoms with van der Waals surface area (Å²) in [5.74, 6) is 4.15. The van der Waals surface area contributed by atoms with Crippen molar-refractivity contribution in [3.8, 4) is 0 Å². The Hall–Kier alpha value is -0.560. The van der Waals surface area contributed by atoms with E-state index in [2.05, 4.69) is 21.4 Å². The highest BCUT2D eigenvalue weighted by Gasteiger charge is 2.21. The zero-order chi connectivity index (χ0) is 13.7. The molecule has 0 aliphatic heterocycles. The zero-order valence-corrected chi connectivity index (χ0v) is 11.9. The van der Waals surface area contributed by atoms with Gasteiger partial charge in [-0.1, -0.05) is 0 Å². The van der Waals surface area contributed by atoms with Crippen LogP contribution in [0.3, 0.4) is 0 Å². The molecule has 18 heavy (non-hydrogen) atoms. The fourth-order valence-corrected chi connectivity index (χ4v) is 2.04. The first kappa shape index (κ1) is 15.5. The predicted molar refractivity (Wildman–Crippen MR) is 69.8 cm³/mol. The van der Waals surface area contributed by atoms with E-state index in [9.17, 15) is 8.78 Å². The van der Waals surface area contributed by atoms with Crippen molar-refractivity contribution >= 4 is 15.9 Å². The first-order chi connectivity index (χ1) is 8.51. The van der Waals surface area contributed by atoms with Gasteiger partial charge in [-0.15, -0.1) is 0 Å². The van der Waals surface area contributed by atoms with E-state index in [0.29, 0.717) is 12.8 Å². The highest BCUT2D eigenvalue weighted by atomic mass is 79.9. The van der Waals surface area contributed by atoms with E-state index in [1.165, 1.54) is 12.1 Å². The molecule has 0 bridgehead atoms. The van der Waals surface area contributed by atoms with Crippen LogP contribution < -0.4 is 11.3 Å². The van der Waals surface area contributed by atoms with Gasteiger partial charge in [-0.25, -0.2) is 8.78 Å². The molecule has 1 aromatic carbocycles. The first-order valence-corrected chi connectivity index (χ1v) is 6.42. The van der Waals surface area contributed by atoms with E-state index in [1.807, 2.05) is 6.92 Å². The van der Waals surface area contributed by atoms with Gasteiger partial charge in [-0.2, -0.15) is 0 Å². The van der Waals surface area contributed by atoms with Crippen LogP contribution in [0.4, 0.5) is 8.78 Å². The predicted octanol–water partition coefficient (Wildman–Crippen LogP) is 3.05. The lowest BCUT2D eigenvalue weighted by Crippen LogP contribution is -2.30. The van der Waals surface area contributed by atoms with Crippen molar-refractivity contribution in [3.05, 3.63) is 33.8 Å². The van der Waals surface area contributed by atoms with Crippen molar-refractivity contribution in [1.29, 1.82) is 0 Å². The summed E-state index contributed by atoms with van der Waals surface area (Å²) in [6, 6.07) is 1.96. The molecular weight excluding hydrogens is 306 g/mol. The number of hydrogen-bond acceptors (Lipinski definition) is 3. The summed E-state index contributed by atoms with van der Waals surface area (Å²) in [4.78, 5) is 0. The molecule has 0 saturated heterocycles. The molecule has 0 aromatic heterocycles. The summed E-state index contributed by atoms with van der Waals surface area (Å²) in [7, 11) is 1.59. The Labute approximate surface area is 114 Å². The minimum Gasteiger partial charge on any atom is -0.382 e. The number of ether oxygens (including phenoxy) is 1. The van der Waals surface area contributed by atoms with Crippen molar-refractivity contribution in [2.45, 2.75) is 31.9 Å². The van der Waals surface area contributed by atoms with Crippen molar-refractivity contribution in [3.63, 3.8) is 0 Å². The molecule has 2 atom stereocenters. The maximum Gasteiger partial charge on any atom is 0.145 e. The van der Waals surface area contributed by atoms with Gasteiger partial charge in [-0.3, -0.25) is 11.3 Å². The van der Waals surface area contributed by atoms with E-state index >= 15 is 0 Å². The molecule has 0 aliphatic carbocycles. The van der Waals surface area contributed by atoms with Gasteiger partial charge in [0.05, 0.1) is 16.6 Å². The Balaban J connectivity index is 2.91. The van der Waals surface area contributed by atoms with Gasteiger partial charge in [0.2, 0.25) is 0 Å². The standard InChI is InChI=1S/C12H17BrF2N2O/c1-7(18-2)3-6-10(17-16)11-9(14)5-4-8(13)12(11)15/h4-5,7,10,17H,3,6,16H2,1-2H3. The van der Waals surface area contributed by atoms with E-state index in [-0.39, 0.29) is 16.1 Å². The van der Waals surface area contributed by atoms with E-state index in [1.54, 1.807) is 7.11 Å². The number of hydrogen-bond donors (Lipinski definition) is 2. The molecule has 0 heterocycles. The number of methoxy groups -OCH3 is 1. The topological polar surface area (TPSA) is 47.3 Å². The third-order valence-corrected chi connectivity index (χ3v) is 3.51. The Morgan fingerprint density at radius 1 is 1.39 bits per heavy atom. The molecule has 6 heteroatoms. The lowest BCUT2D eigenvalue weighted by Gasteiger charge is -2.20. The van der Waals surface area contributed by atoms with Crippen LogP contribution in [-0.2, 0) is 4.74 Å². The van der Waals surface area contributed by atoms with Crippen LogP contribution in [0.25, 0.3) is 0 Å². The molecule has 1 rings (SSSR count). The van der Waals surface area contributed by atoms with Crippen LogP contribution in [0.2, 0.25) is 0 Å². The molecular formula is C12H17BrF2N2O. The molecule has 0 saturated carbocycles. The minimum absolute atomic E-state index is 0.0131. The Bertz CT molecular complexity index is 404. The number of hydrazine groups is 1. The summed E-state index contributed by atoms with van der Waals surface area (Å²) >= 11 is 3.04. The van der Waals surface area contributed by atoms with Crippen LogP contribution >= 0.6 is 15.9 Å². The van der Waals surface area contributed by atoms with Gasteiger partial charge in [-0.05, 0) is 47.8 Å². The molecule has 2 unspecified atom stereocenters. The van der Waals surface area contributed by atoms with Gasteiger partial charge >= 0.3 is 0 Å². The zero-order valence-electron chi connectivity index (χ0n) is 10.3. The summed E-state index contributed by atoms with van der Waals surface area (Å²) in [6.07, 6.45) is 1.14. The van der Waals surface area contributed by atoms with E-state index in [4.69, 9.17) is 10.6 Å². The molecule has 102 valence electrons. The quantitative estimate of drug-likeness (QED) is 0.481. The Morgan fingerprint density at radius 2 is 2.06 bits per heavy atom. The highest BCUT2D eigenvalue weighted by molar-refractivity contribution is 9.10. The van der Waals surface area contributed by atoms with Gasteiger partial charge in [0.1, 0.15) is 11.6 Å². The molecule has 1 aromatic rings. The Morgan fingerprint density at radius 3 is 2.61 bits per heavy atom. The molecule has 0 radical (unpaired) electrons. The fraction of sp³-hybridized carbons (Fsp3) is 0.500. The van der Waals surface area contributed by atoms with Gasteiger partial charge in [0.15, 0.2) is 0 Å². The van der Waals surface area contributed by atoms with Crippen LogP contribution in [0.5, 0.6) is 0 Å². The number of halogens is 3. The van der Waals surface area contributed by atoms with Crippen molar-refractivity contribution in [2.24, 2.45) is 5.84 Å². The maximum atomic E-state index is 13.9. The molecule has 0 spiro atoms. The molecule has 3 N–H and O–H groups in total. The second kappa shape index (κ2) is 7.13. The van der Waals surface area contributed by atoms with E-state index in [0.717, 1.165) is 0 Å².